The van der Waals surface area contributed by atoms with Crippen LogP contribution in [-0.2, 0) is 0 Å². The molecule has 0 aromatic rings. The molecule has 0 aliphatic carbocycles. The molecule has 0 aromatic heterocycles. The zero-order valence-electron chi connectivity index (χ0n) is 8.30. The summed E-state index contributed by atoms with van der Waals surface area (Å²) in [5, 5.41) is 0. The number of quaternary nitrogens is 1. The normalized spacial score (nSPS) is 31.1. The molecule has 1 aliphatic rings. The average Bonchev–Trinajstić information content (AvgIpc) is 2.07. The number of hydrogen-bond donors (Lipinski definition) is 0. The minimum atomic E-state index is 0.782. The molecular formula is C9H21N2+. The summed E-state index contributed by atoms with van der Waals surface area (Å²) in [5.74, 6) is 0. The van der Waals surface area contributed by atoms with Crippen LogP contribution in [0.4, 0.5) is 0 Å². The highest BCUT2D eigenvalue weighted by molar-refractivity contribution is 4.68. The SMILES string of the molecule is CCCN1C[N+](C)(C)CC1C. The second-order valence-corrected chi connectivity index (χ2v) is 4.42. The smallest absolute Gasteiger partial charge is 0.135 e. The van der Waals surface area contributed by atoms with Gasteiger partial charge in [-0.15, -0.1) is 0 Å². The molecule has 1 heterocycles. The molecule has 0 radical (unpaired) electrons. The van der Waals surface area contributed by atoms with Crippen LogP contribution in [0.2, 0.25) is 0 Å². The van der Waals surface area contributed by atoms with E-state index in [0.717, 1.165) is 6.04 Å². The summed E-state index contributed by atoms with van der Waals surface area (Å²) < 4.78 is 1.17. The van der Waals surface area contributed by atoms with Crippen molar-refractivity contribution in [2.75, 3.05) is 33.9 Å². The first-order chi connectivity index (χ1) is 5.05. The van der Waals surface area contributed by atoms with Crippen LogP contribution in [0.15, 0.2) is 0 Å². The molecule has 2 nitrogen and oxygen atoms in total. The summed E-state index contributed by atoms with van der Waals surface area (Å²) in [6, 6.07) is 0.782. The molecule has 1 unspecified atom stereocenters. The Bertz CT molecular complexity index is 132. The summed E-state index contributed by atoms with van der Waals surface area (Å²) in [6.07, 6.45) is 1.28. The van der Waals surface area contributed by atoms with Gasteiger partial charge in [-0.3, -0.25) is 0 Å². The number of hydrogen-bond acceptors (Lipinski definition) is 1. The molecule has 1 fully saturated rings. The highest BCUT2D eigenvalue weighted by Gasteiger charge is 2.33. The van der Waals surface area contributed by atoms with Crippen molar-refractivity contribution in [2.24, 2.45) is 0 Å². The van der Waals surface area contributed by atoms with Crippen molar-refractivity contribution in [3.05, 3.63) is 0 Å². The van der Waals surface area contributed by atoms with E-state index in [1.54, 1.807) is 0 Å². The van der Waals surface area contributed by atoms with Crippen molar-refractivity contribution >= 4 is 0 Å². The molecule has 0 spiro atoms. The van der Waals surface area contributed by atoms with Crippen molar-refractivity contribution in [3.63, 3.8) is 0 Å². The molecule has 0 bridgehead atoms. The molecule has 0 N–H and O–H groups in total. The molecule has 1 saturated heterocycles. The third kappa shape index (κ3) is 2.17. The van der Waals surface area contributed by atoms with E-state index in [1.165, 1.54) is 30.7 Å². The van der Waals surface area contributed by atoms with E-state index in [4.69, 9.17) is 0 Å². The van der Waals surface area contributed by atoms with E-state index >= 15 is 0 Å². The van der Waals surface area contributed by atoms with Crippen LogP contribution in [0.1, 0.15) is 20.3 Å². The first-order valence-electron chi connectivity index (χ1n) is 4.61. The second kappa shape index (κ2) is 3.11. The molecular weight excluding hydrogens is 136 g/mol. The van der Waals surface area contributed by atoms with Crippen LogP contribution in [0.25, 0.3) is 0 Å². The monoisotopic (exact) mass is 157 g/mol. The van der Waals surface area contributed by atoms with Crippen LogP contribution >= 0.6 is 0 Å². The summed E-state index contributed by atoms with van der Waals surface area (Å²) >= 11 is 0. The predicted octanol–water partition coefficient (Wildman–Crippen LogP) is 1.13. The Labute approximate surface area is 70.4 Å². The standard InChI is InChI=1S/C9H21N2/c1-5-6-10-8-11(3,4)7-9(10)2/h9H,5-8H2,1-4H3/q+1. The largest absolute Gasteiger partial charge is 0.315 e. The van der Waals surface area contributed by atoms with Gasteiger partial charge in [-0.2, -0.15) is 0 Å². The fraction of sp³-hybridized carbons (Fsp3) is 1.00. The molecule has 1 aliphatic heterocycles. The molecule has 11 heavy (non-hydrogen) atoms. The molecule has 0 saturated carbocycles. The zero-order valence-corrected chi connectivity index (χ0v) is 8.30. The van der Waals surface area contributed by atoms with Gasteiger partial charge < -0.3 is 4.48 Å². The highest BCUT2D eigenvalue weighted by Crippen LogP contribution is 2.16. The molecule has 0 aromatic carbocycles. The third-order valence-corrected chi connectivity index (χ3v) is 2.46. The summed E-state index contributed by atoms with van der Waals surface area (Å²) in [5.41, 5.74) is 0. The van der Waals surface area contributed by atoms with E-state index in [9.17, 15) is 0 Å². The minimum absolute atomic E-state index is 0.782. The Morgan fingerprint density at radius 2 is 2.09 bits per heavy atom. The lowest BCUT2D eigenvalue weighted by molar-refractivity contribution is -0.882. The van der Waals surface area contributed by atoms with Gasteiger partial charge in [-0.1, -0.05) is 6.92 Å². The van der Waals surface area contributed by atoms with Crippen molar-refractivity contribution in [3.8, 4) is 0 Å². The molecule has 1 rings (SSSR count). The van der Waals surface area contributed by atoms with Crippen molar-refractivity contribution in [2.45, 2.75) is 26.3 Å². The van der Waals surface area contributed by atoms with Crippen molar-refractivity contribution < 1.29 is 4.48 Å². The summed E-state index contributed by atoms with van der Waals surface area (Å²) in [7, 11) is 4.62. The van der Waals surface area contributed by atoms with Gasteiger partial charge in [-0.25, -0.2) is 4.90 Å². The van der Waals surface area contributed by atoms with Gasteiger partial charge in [0.2, 0.25) is 0 Å². The average molecular weight is 157 g/mol. The van der Waals surface area contributed by atoms with Crippen LogP contribution in [0, 0.1) is 0 Å². The van der Waals surface area contributed by atoms with E-state index in [2.05, 4.69) is 32.8 Å². The first kappa shape index (κ1) is 9.01. The van der Waals surface area contributed by atoms with Gasteiger partial charge in [0.25, 0.3) is 0 Å². The Kier molecular flexibility index (Phi) is 2.55. The fourth-order valence-corrected chi connectivity index (χ4v) is 2.10. The maximum Gasteiger partial charge on any atom is 0.135 e. The van der Waals surface area contributed by atoms with E-state index in [0.29, 0.717) is 0 Å². The maximum absolute atomic E-state index is 2.58. The van der Waals surface area contributed by atoms with Gasteiger partial charge in [-0.05, 0) is 13.3 Å². The maximum atomic E-state index is 2.58. The van der Waals surface area contributed by atoms with Crippen molar-refractivity contribution in [1.82, 2.24) is 4.90 Å². The lowest BCUT2D eigenvalue weighted by Gasteiger charge is -2.23. The van der Waals surface area contributed by atoms with Crippen LogP contribution in [0.3, 0.4) is 0 Å². The Balaban J connectivity index is 2.45. The highest BCUT2D eigenvalue weighted by atomic mass is 15.5. The summed E-state index contributed by atoms with van der Waals surface area (Å²) in [4.78, 5) is 2.58. The van der Waals surface area contributed by atoms with Gasteiger partial charge in [0, 0.05) is 6.54 Å². The second-order valence-electron chi connectivity index (χ2n) is 4.42. The molecule has 2 heteroatoms. The van der Waals surface area contributed by atoms with Crippen LogP contribution < -0.4 is 0 Å². The topological polar surface area (TPSA) is 3.24 Å². The molecule has 66 valence electrons. The Hall–Kier alpha value is -0.0800. The van der Waals surface area contributed by atoms with Gasteiger partial charge in [0.05, 0.1) is 26.7 Å². The lowest BCUT2D eigenvalue weighted by atomic mass is 10.3. The third-order valence-electron chi connectivity index (χ3n) is 2.46. The summed E-state index contributed by atoms with van der Waals surface area (Å²) in [6.45, 7) is 8.39. The Morgan fingerprint density at radius 3 is 2.45 bits per heavy atom. The van der Waals surface area contributed by atoms with E-state index < -0.39 is 0 Å². The molecule has 0 amide bonds. The Morgan fingerprint density at radius 1 is 1.45 bits per heavy atom. The van der Waals surface area contributed by atoms with Crippen LogP contribution in [0.5, 0.6) is 0 Å². The predicted molar refractivity (Wildman–Crippen MR) is 48.3 cm³/mol. The quantitative estimate of drug-likeness (QED) is 0.543. The number of likely N-dealkylation sites (N-methyl/N-ethyl adjacent to an activating group) is 1. The van der Waals surface area contributed by atoms with Crippen LogP contribution in [-0.4, -0.2) is 49.3 Å². The fourth-order valence-electron chi connectivity index (χ4n) is 2.10. The van der Waals surface area contributed by atoms with Crippen molar-refractivity contribution in [1.29, 1.82) is 0 Å². The number of nitrogens with zero attached hydrogens (tertiary/aromatic N) is 2. The number of rotatable bonds is 2. The lowest BCUT2D eigenvalue weighted by Crippen LogP contribution is -2.38. The van der Waals surface area contributed by atoms with E-state index in [1.807, 2.05) is 0 Å². The van der Waals surface area contributed by atoms with Gasteiger partial charge in [0.1, 0.15) is 6.67 Å². The van der Waals surface area contributed by atoms with Gasteiger partial charge in [0.15, 0.2) is 0 Å². The van der Waals surface area contributed by atoms with Gasteiger partial charge >= 0.3 is 0 Å². The first-order valence-corrected chi connectivity index (χ1v) is 4.61. The molecule has 1 atom stereocenters. The minimum Gasteiger partial charge on any atom is -0.315 e. The van der Waals surface area contributed by atoms with E-state index in [-0.39, 0.29) is 0 Å². The zero-order chi connectivity index (χ0) is 8.48.